The third kappa shape index (κ3) is 4.92. The molecule has 0 saturated carbocycles. The predicted molar refractivity (Wildman–Crippen MR) is 108 cm³/mol. The van der Waals surface area contributed by atoms with Gasteiger partial charge in [0.25, 0.3) is 15.9 Å². The summed E-state index contributed by atoms with van der Waals surface area (Å²) in [6, 6.07) is 15.8. The van der Waals surface area contributed by atoms with E-state index in [0.717, 1.165) is 18.2 Å². The molecule has 0 aromatic heterocycles. The fourth-order valence-corrected chi connectivity index (χ4v) is 3.96. The van der Waals surface area contributed by atoms with Gasteiger partial charge >= 0.3 is 6.18 Å². The van der Waals surface area contributed by atoms with Gasteiger partial charge in [0.15, 0.2) is 0 Å². The number of para-hydroxylation sites is 1. The van der Waals surface area contributed by atoms with Crippen LogP contribution in [0.1, 0.15) is 15.9 Å². The largest absolute Gasteiger partial charge is 0.418 e. The molecule has 0 bridgehead atoms. The highest BCUT2D eigenvalue weighted by molar-refractivity contribution is 7.92. The van der Waals surface area contributed by atoms with E-state index in [9.17, 15) is 26.4 Å². The van der Waals surface area contributed by atoms with Crippen molar-refractivity contribution in [2.75, 3.05) is 10.0 Å². The Hall–Kier alpha value is -3.04. The van der Waals surface area contributed by atoms with Gasteiger partial charge in [0.05, 0.1) is 26.9 Å². The van der Waals surface area contributed by atoms with E-state index in [1.165, 1.54) is 36.4 Å². The third-order valence-electron chi connectivity index (χ3n) is 4.01. The topological polar surface area (TPSA) is 75.3 Å². The zero-order chi connectivity index (χ0) is 21.9. The molecule has 0 saturated heterocycles. The number of rotatable bonds is 5. The van der Waals surface area contributed by atoms with Crippen LogP contribution in [0.3, 0.4) is 0 Å². The highest BCUT2D eigenvalue weighted by Gasteiger charge is 2.33. The lowest BCUT2D eigenvalue weighted by Gasteiger charge is -2.14. The molecule has 3 aromatic rings. The van der Waals surface area contributed by atoms with Crippen molar-refractivity contribution in [1.82, 2.24) is 0 Å². The number of halogens is 4. The number of alkyl halides is 3. The van der Waals surface area contributed by atoms with Crippen LogP contribution in [0.5, 0.6) is 0 Å². The summed E-state index contributed by atoms with van der Waals surface area (Å²) in [7, 11) is -3.90. The summed E-state index contributed by atoms with van der Waals surface area (Å²) in [6.07, 6.45) is -4.64. The van der Waals surface area contributed by atoms with Gasteiger partial charge in [0, 0.05) is 5.56 Å². The molecule has 0 fully saturated rings. The lowest BCUT2D eigenvalue weighted by molar-refractivity contribution is -0.136. The maximum Gasteiger partial charge on any atom is 0.418 e. The molecule has 0 atom stereocenters. The van der Waals surface area contributed by atoms with Crippen LogP contribution in [0.25, 0.3) is 0 Å². The minimum absolute atomic E-state index is 0.0200. The van der Waals surface area contributed by atoms with Gasteiger partial charge in [-0.2, -0.15) is 13.2 Å². The highest BCUT2D eigenvalue weighted by atomic mass is 35.5. The Morgan fingerprint density at radius 1 is 0.867 bits per heavy atom. The lowest BCUT2D eigenvalue weighted by atomic mass is 10.1. The van der Waals surface area contributed by atoms with Crippen LogP contribution in [0.15, 0.2) is 77.7 Å². The first-order valence-electron chi connectivity index (χ1n) is 8.43. The maximum absolute atomic E-state index is 13.1. The van der Waals surface area contributed by atoms with Crippen LogP contribution < -0.4 is 10.0 Å². The van der Waals surface area contributed by atoms with Crippen LogP contribution in [0.4, 0.5) is 24.5 Å². The molecule has 156 valence electrons. The summed E-state index contributed by atoms with van der Waals surface area (Å²) in [5.41, 5.74) is -1.41. The van der Waals surface area contributed by atoms with Gasteiger partial charge in [-0.3, -0.25) is 9.52 Å². The second kappa shape index (κ2) is 8.37. The highest BCUT2D eigenvalue weighted by Crippen LogP contribution is 2.35. The molecule has 0 aliphatic rings. The van der Waals surface area contributed by atoms with E-state index in [-0.39, 0.29) is 21.2 Å². The number of hydrogen-bond donors (Lipinski definition) is 2. The van der Waals surface area contributed by atoms with Crippen molar-refractivity contribution in [3.05, 3.63) is 88.9 Å². The van der Waals surface area contributed by atoms with Gasteiger partial charge < -0.3 is 5.32 Å². The van der Waals surface area contributed by atoms with Crippen LogP contribution in [-0.2, 0) is 16.2 Å². The molecule has 0 radical (unpaired) electrons. The second-order valence-electron chi connectivity index (χ2n) is 6.11. The van der Waals surface area contributed by atoms with E-state index in [2.05, 4.69) is 10.0 Å². The van der Waals surface area contributed by atoms with Crippen LogP contribution in [-0.4, -0.2) is 14.3 Å². The van der Waals surface area contributed by atoms with Crippen LogP contribution >= 0.6 is 11.6 Å². The minimum atomic E-state index is -4.64. The van der Waals surface area contributed by atoms with Crippen molar-refractivity contribution < 1.29 is 26.4 Å². The Labute approximate surface area is 175 Å². The fourth-order valence-electron chi connectivity index (χ4n) is 2.58. The van der Waals surface area contributed by atoms with Crippen molar-refractivity contribution in [1.29, 1.82) is 0 Å². The number of carbonyl (C=O) groups excluding carboxylic acids is 1. The number of anilines is 2. The summed E-state index contributed by atoms with van der Waals surface area (Å²) in [4.78, 5) is 12.4. The Kier molecular flexibility index (Phi) is 6.04. The summed E-state index contributed by atoms with van der Waals surface area (Å²) in [6.45, 7) is 0. The first-order chi connectivity index (χ1) is 14.1. The summed E-state index contributed by atoms with van der Waals surface area (Å²) >= 11 is 6.09. The van der Waals surface area contributed by atoms with E-state index in [1.807, 2.05) is 0 Å². The molecule has 10 heteroatoms. The zero-order valence-electron chi connectivity index (χ0n) is 15.1. The van der Waals surface area contributed by atoms with E-state index < -0.39 is 33.4 Å². The van der Waals surface area contributed by atoms with E-state index in [1.54, 1.807) is 18.2 Å². The maximum atomic E-state index is 13.1. The molecule has 3 rings (SSSR count). The summed E-state index contributed by atoms with van der Waals surface area (Å²) in [5.74, 6) is -0.828. The number of sulfonamides is 1. The number of amides is 1. The van der Waals surface area contributed by atoms with Gasteiger partial charge in [0.2, 0.25) is 0 Å². The summed E-state index contributed by atoms with van der Waals surface area (Å²) in [5, 5.41) is 2.11. The van der Waals surface area contributed by atoms with Crippen LogP contribution in [0, 0.1) is 0 Å². The van der Waals surface area contributed by atoms with Gasteiger partial charge in [-0.1, -0.05) is 41.9 Å². The molecule has 3 aromatic carbocycles. The third-order valence-corrected chi connectivity index (χ3v) is 5.70. The van der Waals surface area contributed by atoms with Crippen molar-refractivity contribution in [2.24, 2.45) is 0 Å². The van der Waals surface area contributed by atoms with E-state index in [0.29, 0.717) is 0 Å². The number of benzene rings is 3. The number of carbonyl (C=O) groups is 1. The Morgan fingerprint density at radius 3 is 2.13 bits per heavy atom. The number of nitrogens with one attached hydrogen (secondary N) is 2. The first kappa shape index (κ1) is 21.7. The van der Waals surface area contributed by atoms with E-state index in [4.69, 9.17) is 11.6 Å². The van der Waals surface area contributed by atoms with Crippen molar-refractivity contribution >= 4 is 38.9 Å². The van der Waals surface area contributed by atoms with Gasteiger partial charge in [0.1, 0.15) is 0 Å². The molecule has 2 N–H and O–H groups in total. The lowest BCUT2D eigenvalue weighted by Crippen LogP contribution is -2.17. The standard InChI is InChI=1S/C20H14ClF3N2O3S/c21-16-12-13(19(27)25-17-9-5-4-8-15(17)20(22,23)24)10-11-18(16)26-30(28,29)14-6-2-1-3-7-14/h1-12,26H,(H,25,27). The van der Waals surface area contributed by atoms with Gasteiger partial charge in [-0.25, -0.2) is 8.42 Å². The normalized spacial score (nSPS) is 11.7. The predicted octanol–water partition coefficient (Wildman–Crippen LogP) is 5.41. The molecule has 0 unspecified atom stereocenters. The average Bonchev–Trinajstić information content (AvgIpc) is 2.69. The Balaban J connectivity index is 1.82. The number of hydrogen-bond acceptors (Lipinski definition) is 3. The SMILES string of the molecule is O=C(Nc1ccccc1C(F)(F)F)c1ccc(NS(=O)(=O)c2ccccc2)c(Cl)c1. The van der Waals surface area contributed by atoms with Crippen molar-refractivity contribution in [2.45, 2.75) is 11.1 Å². The quantitative estimate of drug-likeness (QED) is 0.541. The van der Waals surface area contributed by atoms with Crippen molar-refractivity contribution in [3.63, 3.8) is 0 Å². The molecule has 0 aliphatic heterocycles. The van der Waals surface area contributed by atoms with Gasteiger partial charge in [-0.05, 0) is 42.5 Å². The zero-order valence-corrected chi connectivity index (χ0v) is 16.6. The molecular weight excluding hydrogens is 441 g/mol. The molecular formula is C20H14ClF3N2O3S. The fraction of sp³-hybridized carbons (Fsp3) is 0.0500. The second-order valence-corrected chi connectivity index (χ2v) is 8.20. The molecule has 1 amide bonds. The molecule has 0 aliphatic carbocycles. The Morgan fingerprint density at radius 2 is 1.50 bits per heavy atom. The summed E-state index contributed by atoms with van der Waals surface area (Å²) < 4.78 is 66.3. The van der Waals surface area contributed by atoms with Gasteiger partial charge in [-0.15, -0.1) is 0 Å². The van der Waals surface area contributed by atoms with Crippen molar-refractivity contribution in [3.8, 4) is 0 Å². The smallest absolute Gasteiger partial charge is 0.321 e. The molecule has 30 heavy (non-hydrogen) atoms. The first-order valence-corrected chi connectivity index (χ1v) is 10.3. The molecule has 0 spiro atoms. The average molecular weight is 455 g/mol. The minimum Gasteiger partial charge on any atom is -0.321 e. The monoisotopic (exact) mass is 454 g/mol. The Bertz CT molecular complexity index is 1180. The van der Waals surface area contributed by atoms with E-state index >= 15 is 0 Å². The molecule has 5 nitrogen and oxygen atoms in total. The molecule has 0 heterocycles. The van der Waals surface area contributed by atoms with Crippen LogP contribution in [0.2, 0.25) is 5.02 Å².